The molecule has 2 rings (SSSR count). The standard InChI is InChI=1S/C8H14N2O2/c1-10(12-2)7(11)6-3-8(6)4-9-5-8/h6,9H,3-5H2,1-2H3. The summed E-state index contributed by atoms with van der Waals surface area (Å²) in [6, 6.07) is 0. The van der Waals surface area contributed by atoms with Gasteiger partial charge in [-0.2, -0.15) is 0 Å². The van der Waals surface area contributed by atoms with E-state index in [0.717, 1.165) is 19.5 Å². The summed E-state index contributed by atoms with van der Waals surface area (Å²) in [5.41, 5.74) is 0.309. The Balaban J connectivity index is 1.91. The van der Waals surface area contributed by atoms with Crippen LogP contribution in [-0.4, -0.2) is 38.2 Å². The number of hydroxylamine groups is 2. The molecule has 1 N–H and O–H groups in total. The Hall–Kier alpha value is -0.610. The molecule has 1 unspecified atom stereocenters. The number of hydrogen-bond acceptors (Lipinski definition) is 3. The SMILES string of the molecule is CON(C)C(=O)C1CC12CNC2. The summed E-state index contributed by atoms with van der Waals surface area (Å²) >= 11 is 0. The van der Waals surface area contributed by atoms with E-state index in [9.17, 15) is 4.79 Å². The molecular formula is C8H14N2O2. The van der Waals surface area contributed by atoms with Crippen molar-refractivity contribution in [1.29, 1.82) is 0 Å². The second-order valence-corrected chi connectivity index (χ2v) is 3.74. The summed E-state index contributed by atoms with van der Waals surface area (Å²) in [5, 5.41) is 4.53. The van der Waals surface area contributed by atoms with Crippen molar-refractivity contribution in [2.45, 2.75) is 6.42 Å². The van der Waals surface area contributed by atoms with E-state index < -0.39 is 0 Å². The molecule has 1 aliphatic carbocycles. The minimum Gasteiger partial charge on any atom is -0.315 e. The predicted octanol–water partition coefficient (Wildman–Crippen LogP) is -0.384. The highest BCUT2D eigenvalue weighted by atomic mass is 16.7. The third-order valence-corrected chi connectivity index (χ3v) is 3.03. The van der Waals surface area contributed by atoms with Gasteiger partial charge in [-0.05, 0) is 6.42 Å². The van der Waals surface area contributed by atoms with Crippen LogP contribution in [0.25, 0.3) is 0 Å². The van der Waals surface area contributed by atoms with Gasteiger partial charge in [0.1, 0.15) is 0 Å². The van der Waals surface area contributed by atoms with Crippen molar-refractivity contribution in [3.63, 3.8) is 0 Å². The molecule has 1 amide bonds. The Morgan fingerprint density at radius 3 is 2.67 bits per heavy atom. The average Bonchev–Trinajstić information content (AvgIpc) is 2.75. The van der Waals surface area contributed by atoms with E-state index in [1.807, 2.05) is 0 Å². The van der Waals surface area contributed by atoms with Gasteiger partial charge >= 0.3 is 0 Å². The Labute approximate surface area is 71.8 Å². The average molecular weight is 170 g/mol. The molecule has 1 spiro atoms. The second kappa shape index (κ2) is 2.44. The zero-order chi connectivity index (χ0) is 8.77. The van der Waals surface area contributed by atoms with Crippen molar-refractivity contribution < 1.29 is 9.63 Å². The smallest absolute Gasteiger partial charge is 0.249 e. The first-order chi connectivity index (χ1) is 5.69. The van der Waals surface area contributed by atoms with Gasteiger partial charge in [0.25, 0.3) is 0 Å². The van der Waals surface area contributed by atoms with E-state index in [2.05, 4.69) is 5.32 Å². The van der Waals surface area contributed by atoms with Gasteiger partial charge in [0.2, 0.25) is 5.91 Å². The van der Waals surface area contributed by atoms with Crippen LogP contribution in [0.3, 0.4) is 0 Å². The number of rotatable bonds is 2. The lowest BCUT2D eigenvalue weighted by molar-refractivity contribution is -0.171. The minimum absolute atomic E-state index is 0.124. The Morgan fingerprint density at radius 2 is 2.33 bits per heavy atom. The van der Waals surface area contributed by atoms with E-state index in [0.29, 0.717) is 5.41 Å². The highest BCUT2D eigenvalue weighted by Gasteiger charge is 2.62. The fourth-order valence-electron chi connectivity index (χ4n) is 1.84. The molecule has 0 radical (unpaired) electrons. The fraction of sp³-hybridized carbons (Fsp3) is 0.875. The van der Waals surface area contributed by atoms with Gasteiger partial charge in [-0.25, -0.2) is 5.06 Å². The number of hydrogen-bond donors (Lipinski definition) is 1. The molecule has 0 aromatic heterocycles. The summed E-state index contributed by atoms with van der Waals surface area (Å²) in [6.45, 7) is 2.00. The van der Waals surface area contributed by atoms with Crippen molar-refractivity contribution >= 4 is 5.91 Å². The quantitative estimate of drug-likeness (QED) is 0.574. The van der Waals surface area contributed by atoms with E-state index in [1.165, 1.54) is 12.2 Å². The maximum atomic E-state index is 11.5. The number of carbonyl (C=O) groups is 1. The van der Waals surface area contributed by atoms with Gasteiger partial charge in [-0.1, -0.05) is 0 Å². The highest BCUT2D eigenvalue weighted by molar-refractivity contribution is 5.82. The molecular weight excluding hydrogens is 156 g/mol. The normalized spacial score (nSPS) is 29.7. The predicted molar refractivity (Wildman–Crippen MR) is 43.2 cm³/mol. The zero-order valence-electron chi connectivity index (χ0n) is 7.46. The van der Waals surface area contributed by atoms with Gasteiger partial charge < -0.3 is 5.32 Å². The van der Waals surface area contributed by atoms with Crippen LogP contribution < -0.4 is 5.32 Å². The highest BCUT2D eigenvalue weighted by Crippen LogP contribution is 2.55. The monoisotopic (exact) mass is 170 g/mol. The van der Waals surface area contributed by atoms with E-state index >= 15 is 0 Å². The lowest BCUT2D eigenvalue weighted by Crippen LogP contribution is -2.47. The van der Waals surface area contributed by atoms with Crippen LogP contribution in [0.4, 0.5) is 0 Å². The lowest BCUT2D eigenvalue weighted by atomic mass is 9.96. The summed E-state index contributed by atoms with van der Waals surface area (Å²) in [5.74, 6) is 0.336. The molecule has 2 aliphatic rings. The van der Waals surface area contributed by atoms with Crippen molar-refractivity contribution in [1.82, 2.24) is 10.4 Å². The fourth-order valence-corrected chi connectivity index (χ4v) is 1.84. The largest absolute Gasteiger partial charge is 0.315 e. The number of amides is 1. The minimum atomic E-state index is 0.124. The molecule has 1 saturated carbocycles. The third-order valence-electron chi connectivity index (χ3n) is 3.03. The summed E-state index contributed by atoms with van der Waals surface area (Å²) < 4.78 is 0. The van der Waals surface area contributed by atoms with Crippen LogP contribution in [-0.2, 0) is 9.63 Å². The molecule has 12 heavy (non-hydrogen) atoms. The Bertz CT molecular complexity index is 213. The molecule has 0 aromatic carbocycles. The van der Waals surface area contributed by atoms with Gasteiger partial charge in [0.05, 0.1) is 7.11 Å². The van der Waals surface area contributed by atoms with Crippen molar-refractivity contribution in [2.75, 3.05) is 27.2 Å². The number of carbonyl (C=O) groups excluding carboxylic acids is 1. The van der Waals surface area contributed by atoms with Gasteiger partial charge in [-0.3, -0.25) is 9.63 Å². The van der Waals surface area contributed by atoms with Gasteiger partial charge in [-0.15, -0.1) is 0 Å². The zero-order valence-corrected chi connectivity index (χ0v) is 7.46. The molecule has 4 heteroatoms. The van der Waals surface area contributed by atoms with Crippen LogP contribution in [0.5, 0.6) is 0 Å². The molecule has 2 fully saturated rings. The van der Waals surface area contributed by atoms with Crippen molar-refractivity contribution in [3.8, 4) is 0 Å². The van der Waals surface area contributed by atoms with Gasteiger partial charge in [0, 0.05) is 31.5 Å². The number of nitrogens with one attached hydrogen (secondary N) is 1. The Kier molecular flexibility index (Phi) is 1.63. The third kappa shape index (κ3) is 0.949. The van der Waals surface area contributed by atoms with Gasteiger partial charge in [0.15, 0.2) is 0 Å². The summed E-state index contributed by atoms with van der Waals surface area (Å²) in [6.07, 6.45) is 1.03. The van der Waals surface area contributed by atoms with Crippen molar-refractivity contribution in [2.24, 2.45) is 11.3 Å². The molecule has 1 heterocycles. The molecule has 1 saturated heterocycles. The van der Waals surface area contributed by atoms with Crippen LogP contribution >= 0.6 is 0 Å². The molecule has 0 aromatic rings. The lowest BCUT2D eigenvalue weighted by Gasteiger charge is -2.28. The topological polar surface area (TPSA) is 41.6 Å². The first-order valence-corrected chi connectivity index (χ1v) is 4.22. The van der Waals surface area contributed by atoms with E-state index in [1.54, 1.807) is 7.05 Å². The maximum Gasteiger partial charge on any atom is 0.249 e. The van der Waals surface area contributed by atoms with E-state index in [4.69, 9.17) is 4.84 Å². The van der Waals surface area contributed by atoms with Crippen LogP contribution in [0, 0.1) is 11.3 Å². The molecule has 1 aliphatic heterocycles. The first-order valence-electron chi connectivity index (χ1n) is 4.22. The van der Waals surface area contributed by atoms with Crippen molar-refractivity contribution in [3.05, 3.63) is 0 Å². The molecule has 1 atom stereocenters. The number of nitrogens with zero attached hydrogens (tertiary/aromatic N) is 1. The molecule has 0 bridgehead atoms. The summed E-state index contributed by atoms with van der Waals surface area (Å²) in [7, 11) is 3.19. The van der Waals surface area contributed by atoms with Crippen LogP contribution in [0.15, 0.2) is 0 Å². The van der Waals surface area contributed by atoms with E-state index in [-0.39, 0.29) is 11.8 Å². The van der Waals surface area contributed by atoms with Crippen LogP contribution in [0.2, 0.25) is 0 Å². The Morgan fingerprint density at radius 1 is 1.67 bits per heavy atom. The summed E-state index contributed by atoms with van der Waals surface area (Å²) in [4.78, 5) is 16.4. The van der Waals surface area contributed by atoms with Crippen LogP contribution in [0.1, 0.15) is 6.42 Å². The first kappa shape index (κ1) is 8.01. The molecule has 68 valence electrons. The molecule has 4 nitrogen and oxygen atoms in total. The maximum absolute atomic E-state index is 11.5. The second-order valence-electron chi connectivity index (χ2n) is 3.74.